The molecule has 132 valence electrons. The minimum atomic E-state index is -0.471. The topological polar surface area (TPSA) is 86.4 Å². The Labute approximate surface area is 158 Å². The summed E-state index contributed by atoms with van der Waals surface area (Å²) in [6.45, 7) is -0.0422. The van der Waals surface area contributed by atoms with E-state index < -0.39 is 5.91 Å². The summed E-state index contributed by atoms with van der Waals surface area (Å²) in [5, 5.41) is 0. The van der Waals surface area contributed by atoms with Crippen molar-refractivity contribution in [3.63, 3.8) is 0 Å². The minimum Gasteiger partial charge on any atom is -0.370 e. The average molecular weight is 415 g/mol. The molecule has 1 amide bonds. The second-order valence-corrected chi connectivity index (χ2v) is 6.55. The van der Waals surface area contributed by atoms with E-state index in [9.17, 15) is 9.18 Å². The minimum absolute atomic E-state index is 0.0422. The molecule has 7 heteroatoms. The van der Waals surface area contributed by atoms with Crippen molar-refractivity contribution in [2.24, 2.45) is 16.5 Å². The highest BCUT2D eigenvalue weighted by Crippen LogP contribution is 2.30. The molecule has 3 rings (SSSR count). The summed E-state index contributed by atoms with van der Waals surface area (Å²) in [6, 6.07) is 17.6. The summed E-state index contributed by atoms with van der Waals surface area (Å²) >= 11 is 3.45. The van der Waals surface area contributed by atoms with E-state index in [-0.39, 0.29) is 18.3 Å². The molecule has 3 aromatic rings. The lowest BCUT2D eigenvalue weighted by molar-refractivity contribution is -0.118. The normalized spacial score (nSPS) is 10.5. The maximum Gasteiger partial charge on any atom is 0.268 e. The van der Waals surface area contributed by atoms with Crippen molar-refractivity contribution in [1.29, 1.82) is 0 Å². The molecule has 0 aliphatic rings. The highest BCUT2D eigenvalue weighted by Gasteiger charge is 2.15. The smallest absolute Gasteiger partial charge is 0.268 e. The number of carbonyl (C=O) groups is 1. The number of aromatic nitrogens is 1. The van der Waals surface area contributed by atoms with E-state index in [2.05, 4.69) is 20.9 Å². The first-order valence-electron chi connectivity index (χ1n) is 7.78. The summed E-state index contributed by atoms with van der Waals surface area (Å²) in [5.74, 6) is -1.08. The third kappa shape index (κ3) is 4.00. The van der Waals surface area contributed by atoms with Gasteiger partial charge in [-0.25, -0.2) is 4.39 Å². The molecule has 26 heavy (non-hydrogen) atoms. The van der Waals surface area contributed by atoms with Crippen LogP contribution < -0.4 is 11.5 Å². The molecule has 0 fully saturated rings. The van der Waals surface area contributed by atoms with Gasteiger partial charge < -0.3 is 16.0 Å². The molecule has 5 nitrogen and oxygen atoms in total. The molecule has 0 aliphatic carbocycles. The SMILES string of the molecule is NC(N)=NC(=O)Cn1c(-c2ccc(F)cc2)ccc1-c1cccc(Br)c1. The zero-order valence-corrected chi connectivity index (χ0v) is 15.3. The Morgan fingerprint density at radius 2 is 1.65 bits per heavy atom. The molecule has 0 bridgehead atoms. The van der Waals surface area contributed by atoms with Gasteiger partial charge in [0.25, 0.3) is 5.91 Å². The van der Waals surface area contributed by atoms with Crippen molar-refractivity contribution in [1.82, 2.24) is 4.57 Å². The molecule has 0 aliphatic heterocycles. The Kier molecular flexibility index (Phi) is 5.18. The number of guanidine groups is 1. The van der Waals surface area contributed by atoms with Crippen LogP contribution >= 0.6 is 15.9 Å². The Morgan fingerprint density at radius 3 is 2.27 bits per heavy atom. The molecular formula is C19H16BrFN4O. The van der Waals surface area contributed by atoms with Crippen molar-refractivity contribution >= 4 is 27.8 Å². The van der Waals surface area contributed by atoms with Gasteiger partial charge in [-0.3, -0.25) is 4.79 Å². The van der Waals surface area contributed by atoms with Crippen LogP contribution in [0.1, 0.15) is 0 Å². The van der Waals surface area contributed by atoms with Gasteiger partial charge in [-0.1, -0.05) is 28.1 Å². The van der Waals surface area contributed by atoms with Gasteiger partial charge in [0.15, 0.2) is 5.96 Å². The summed E-state index contributed by atoms with van der Waals surface area (Å²) in [4.78, 5) is 15.8. The van der Waals surface area contributed by atoms with Gasteiger partial charge in [0.2, 0.25) is 0 Å². The second-order valence-electron chi connectivity index (χ2n) is 5.64. The number of halogens is 2. The van der Waals surface area contributed by atoms with Crippen molar-refractivity contribution in [3.05, 3.63) is 71.0 Å². The Hall–Kier alpha value is -2.93. The predicted molar refractivity (Wildman–Crippen MR) is 104 cm³/mol. The van der Waals surface area contributed by atoms with Crippen LogP contribution in [0.3, 0.4) is 0 Å². The Balaban J connectivity index is 2.11. The zero-order valence-electron chi connectivity index (χ0n) is 13.7. The third-order valence-corrected chi connectivity index (χ3v) is 4.28. The van der Waals surface area contributed by atoms with E-state index in [0.717, 1.165) is 27.0 Å². The van der Waals surface area contributed by atoms with Gasteiger partial charge >= 0.3 is 0 Å². The van der Waals surface area contributed by atoms with Crippen LogP contribution in [0.4, 0.5) is 4.39 Å². The zero-order chi connectivity index (χ0) is 18.7. The molecule has 0 saturated heterocycles. The van der Waals surface area contributed by atoms with E-state index in [1.807, 2.05) is 41.0 Å². The maximum atomic E-state index is 13.3. The van der Waals surface area contributed by atoms with Gasteiger partial charge in [0.1, 0.15) is 12.4 Å². The highest BCUT2D eigenvalue weighted by atomic mass is 79.9. The van der Waals surface area contributed by atoms with Crippen molar-refractivity contribution in [3.8, 4) is 22.5 Å². The molecular weight excluding hydrogens is 399 g/mol. The number of hydrogen-bond donors (Lipinski definition) is 2. The standard InChI is InChI=1S/C19H16BrFN4O/c20-14-3-1-2-13(10-14)17-9-8-16(12-4-6-15(21)7-5-12)25(17)11-18(26)24-19(22)23/h1-10H,11H2,(H4,22,23,24,26). The fraction of sp³-hybridized carbons (Fsp3) is 0.0526. The van der Waals surface area contributed by atoms with Crippen LogP contribution in [0.25, 0.3) is 22.5 Å². The van der Waals surface area contributed by atoms with E-state index in [4.69, 9.17) is 11.5 Å². The number of aliphatic imine (C=N–C) groups is 1. The summed E-state index contributed by atoms with van der Waals surface area (Å²) in [5.41, 5.74) is 13.9. The van der Waals surface area contributed by atoms with Gasteiger partial charge in [-0.05, 0) is 59.7 Å². The first kappa shape index (κ1) is 17.9. The van der Waals surface area contributed by atoms with Gasteiger partial charge in [0, 0.05) is 15.9 Å². The number of carbonyl (C=O) groups excluding carboxylic acids is 1. The van der Waals surface area contributed by atoms with Crippen LogP contribution in [-0.4, -0.2) is 16.4 Å². The van der Waals surface area contributed by atoms with E-state index in [0.29, 0.717) is 0 Å². The molecule has 4 N–H and O–H groups in total. The van der Waals surface area contributed by atoms with Crippen LogP contribution in [0.5, 0.6) is 0 Å². The molecule has 1 aromatic heterocycles. The van der Waals surface area contributed by atoms with Gasteiger partial charge in [0.05, 0.1) is 0 Å². The summed E-state index contributed by atoms with van der Waals surface area (Å²) in [6.07, 6.45) is 0. The monoisotopic (exact) mass is 414 g/mol. The second kappa shape index (κ2) is 7.53. The Morgan fingerprint density at radius 1 is 1.00 bits per heavy atom. The highest BCUT2D eigenvalue weighted by molar-refractivity contribution is 9.10. The fourth-order valence-electron chi connectivity index (χ4n) is 2.73. The van der Waals surface area contributed by atoms with Crippen LogP contribution in [0.2, 0.25) is 0 Å². The molecule has 0 saturated carbocycles. The molecule has 0 spiro atoms. The third-order valence-electron chi connectivity index (χ3n) is 3.79. The van der Waals surface area contributed by atoms with Gasteiger partial charge in [-0.15, -0.1) is 0 Å². The lowest BCUT2D eigenvalue weighted by Gasteiger charge is -2.13. The molecule has 0 unspecified atom stereocenters. The number of amides is 1. The first-order valence-corrected chi connectivity index (χ1v) is 8.57. The Bertz CT molecular complexity index is 975. The predicted octanol–water partition coefficient (Wildman–Crippen LogP) is 3.52. The maximum absolute atomic E-state index is 13.3. The lowest BCUT2D eigenvalue weighted by atomic mass is 10.1. The summed E-state index contributed by atoms with van der Waals surface area (Å²) < 4.78 is 16.0. The molecule has 0 radical (unpaired) electrons. The number of hydrogen-bond acceptors (Lipinski definition) is 1. The fourth-order valence-corrected chi connectivity index (χ4v) is 3.12. The number of benzene rings is 2. The van der Waals surface area contributed by atoms with Crippen molar-refractivity contribution in [2.45, 2.75) is 6.54 Å². The largest absolute Gasteiger partial charge is 0.370 e. The van der Waals surface area contributed by atoms with Gasteiger partial charge in [-0.2, -0.15) is 4.99 Å². The van der Waals surface area contributed by atoms with E-state index in [1.54, 1.807) is 12.1 Å². The molecule has 0 atom stereocenters. The van der Waals surface area contributed by atoms with E-state index in [1.165, 1.54) is 12.1 Å². The van der Waals surface area contributed by atoms with E-state index >= 15 is 0 Å². The molecule has 1 heterocycles. The van der Waals surface area contributed by atoms with Crippen LogP contribution in [0, 0.1) is 5.82 Å². The number of nitrogens with zero attached hydrogens (tertiary/aromatic N) is 2. The number of rotatable bonds is 4. The quantitative estimate of drug-likeness (QED) is 0.505. The van der Waals surface area contributed by atoms with Crippen molar-refractivity contribution in [2.75, 3.05) is 0 Å². The van der Waals surface area contributed by atoms with Crippen LogP contribution in [0.15, 0.2) is 70.1 Å². The lowest BCUT2D eigenvalue weighted by Crippen LogP contribution is -2.25. The summed E-state index contributed by atoms with van der Waals surface area (Å²) in [7, 11) is 0. The molecule has 2 aromatic carbocycles. The first-order chi connectivity index (χ1) is 12.4. The number of nitrogens with two attached hydrogens (primary N) is 2. The van der Waals surface area contributed by atoms with Crippen LogP contribution in [-0.2, 0) is 11.3 Å². The van der Waals surface area contributed by atoms with Crippen molar-refractivity contribution < 1.29 is 9.18 Å². The average Bonchev–Trinajstić information content (AvgIpc) is 2.98.